The summed E-state index contributed by atoms with van der Waals surface area (Å²) in [7, 11) is 0. The molecule has 120 valence electrons. The number of esters is 1. The molecule has 0 heterocycles. The molecule has 0 fully saturated rings. The minimum absolute atomic E-state index is 0.139. The Kier molecular flexibility index (Phi) is 8.45. The summed E-state index contributed by atoms with van der Waals surface area (Å²) in [5.41, 5.74) is 6.87. The van der Waals surface area contributed by atoms with Crippen molar-refractivity contribution in [2.24, 2.45) is 5.73 Å². The van der Waals surface area contributed by atoms with Crippen LogP contribution in [0.5, 0.6) is 0 Å². The topological polar surface area (TPSA) is 72.6 Å². The maximum Gasteiger partial charge on any atom is 0.322 e. The maximum atomic E-state index is 12.2. The predicted octanol–water partition coefficient (Wildman–Crippen LogP) is 1.92. The summed E-state index contributed by atoms with van der Waals surface area (Å²) in [6.45, 7) is 4.82. The van der Waals surface area contributed by atoms with Crippen LogP contribution in [0.4, 0.5) is 0 Å². The van der Waals surface area contributed by atoms with Crippen molar-refractivity contribution < 1.29 is 14.3 Å². The molecule has 1 aliphatic carbocycles. The first-order chi connectivity index (χ1) is 10.1. The Hall–Kier alpha value is -1.01. The van der Waals surface area contributed by atoms with Gasteiger partial charge in [-0.05, 0) is 45.3 Å². The average molecular weight is 314 g/mol. The van der Waals surface area contributed by atoms with E-state index in [1.165, 1.54) is 11.8 Å². The van der Waals surface area contributed by atoms with Crippen LogP contribution >= 0.6 is 11.8 Å². The van der Waals surface area contributed by atoms with E-state index in [0.29, 0.717) is 31.1 Å². The quantitative estimate of drug-likeness (QED) is 0.520. The molecule has 1 unspecified atom stereocenters. The second-order valence-electron chi connectivity index (χ2n) is 4.93. The summed E-state index contributed by atoms with van der Waals surface area (Å²) in [6.07, 6.45) is 5.90. The number of hydrogen-bond acceptors (Lipinski definition) is 5. The van der Waals surface area contributed by atoms with Crippen molar-refractivity contribution in [2.45, 2.75) is 45.6 Å². The van der Waals surface area contributed by atoms with E-state index < -0.39 is 6.04 Å². The summed E-state index contributed by atoms with van der Waals surface area (Å²) in [5.74, 6) is 0.888. The molecule has 0 aromatic rings. The van der Waals surface area contributed by atoms with Crippen molar-refractivity contribution in [3.05, 3.63) is 11.8 Å². The zero-order chi connectivity index (χ0) is 15.7. The van der Waals surface area contributed by atoms with Gasteiger partial charge in [0.15, 0.2) is 0 Å². The first kappa shape index (κ1) is 18.0. The van der Waals surface area contributed by atoms with Crippen molar-refractivity contribution in [1.29, 1.82) is 0 Å². The van der Waals surface area contributed by atoms with Crippen LogP contribution < -0.4 is 5.73 Å². The van der Waals surface area contributed by atoms with Gasteiger partial charge in [-0.15, -0.1) is 0 Å². The second-order valence-corrected chi connectivity index (χ2v) is 6.03. The second kappa shape index (κ2) is 9.84. The van der Waals surface area contributed by atoms with Crippen molar-refractivity contribution in [3.63, 3.8) is 0 Å². The van der Waals surface area contributed by atoms with E-state index in [9.17, 15) is 9.59 Å². The normalized spacial score (nSPS) is 15.5. The Balaban J connectivity index is 2.25. The van der Waals surface area contributed by atoms with Crippen molar-refractivity contribution in [1.82, 2.24) is 4.90 Å². The molecule has 0 aromatic heterocycles. The van der Waals surface area contributed by atoms with Gasteiger partial charge >= 0.3 is 5.97 Å². The molecule has 0 aromatic carbocycles. The molecule has 1 rings (SSSR count). The zero-order valence-corrected chi connectivity index (χ0v) is 13.8. The van der Waals surface area contributed by atoms with Crippen molar-refractivity contribution >= 4 is 23.6 Å². The Morgan fingerprint density at radius 3 is 2.81 bits per heavy atom. The standard InChI is InChI=1S/C15H26N2O3S/c1-3-17(12-7-5-6-8-12)14(18)11-21-10-9-13(16)15(19)20-4-2/h7,13H,3-6,8-11,16H2,1-2H3. The first-order valence-electron chi connectivity index (χ1n) is 7.59. The van der Waals surface area contributed by atoms with Crippen LogP contribution in [0, 0.1) is 0 Å². The van der Waals surface area contributed by atoms with E-state index in [2.05, 4.69) is 6.08 Å². The fourth-order valence-electron chi connectivity index (χ4n) is 2.25. The molecule has 6 heteroatoms. The minimum Gasteiger partial charge on any atom is -0.465 e. The predicted molar refractivity (Wildman–Crippen MR) is 85.9 cm³/mol. The van der Waals surface area contributed by atoms with Gasteiger partial charge < -0.3 is 15.4 Å². The molecule has 1 atom stereocenters. The molecular formula is C15H26N2O3S. The third-order valence-electron chi connectivity index (χ3n) is 3.37. The highest BCUT2D eigenvalue weighted by molar-refractivity contribution is 7.99. The van der Waals surface area contributed by atoms with Gasteiger partial charge in [-0.2, -0.15) is 11.8 Å². The number of rotatable bonds is 9. The van der Waals surface area contributed by atoms with Crippen LogP contribution in [0.1, 0.15) is 39.5 Å². The number of nitrogens with two attached hydrogens (primary N) is 1. The largest absolute Gasteiger partial charge is 0.465 e. The van der Waals surface area contributed by atoms with Gasteiger partial charge in [-0.25, -0.2) is 0 Å². The highest BCUT2D eigenvalue weighted by atomic mass is 32.2. The highest BCUT2D eigenvalue weighted by Crippen LogP contribution is 2.22. The van der Waals surface area contributed by atoms with E-state index in [4.69, 9.17) is 10.5 Å². The summed E-state index contributed by atoms with van der Waals surface area (Å²) in [5, 5.41) is 0. The number of carbonyl (C=O) groups is 2. The minimum atomic E-state index is -0.590. The first-order valence-corrected chi connectivity index (χ1v) is 8.75. The van der Waals surface area contributed by atoms with Gasteiger partial charge in [0.05, 0.1) is 12.4 Å². The lowest BCUT2D eigenvalue weighted by molar-refractivity contribution is -0.144. The lowest BCUT2D eigenvalue weighted by atomic mass is 10.2. The third kappa shape index (κ3) is 6.09. The molecule has 0 spiro atoms. The Bertz CT molecular complexity index is 385. The van der Waals surface area contributed by atoms with Gasteiger partial charge in [0.1, 0.15) is 6.04 Å². The summed E-state index contributed by atoms with van der Waals surface area (Å²) in [4.78, 5) is 25.4. The molecule has 0 saturated carbocycles. The number of ether oxygens (including phenoxy) is 1. The monoisotopic (exact) mass is 314 g/mol. The lowest BCUT2D eigenvalue weighted by Gasteiger charge is -2.22. The fraction of sp³-hybridized carbons (Fsp3) is 0.733. The van der Waals surface area contributed by atoms with Crippen LogP contribution in [0.3, 0.4) is 0 Å². The molecule has 2 N–H and O–H groups in total. The van der Waals surface area contributed by atoms with Crippen molar-refractivity contribution in [3.8, 4) is 0 Å². The van der Waals surface area contributed by atoms with Crippen LogP contribution in [-0.2, 0) is 14.3 Å². The molecule has 1 aliphatic rings. The number of carbonyl (C=O) groups excluding carboxylic acids is 2. The van der Waals surface area contributed by atoms with Gasteiger partial charge in [0.2, 0.25) is 5.91 Å². The summed E-state index contributed by atoms with van der Waals surface area (Å²) < 4.78 is 4.85. The zero-order valence-electron chi connectivity index (χ0n) is 13.0. The molecule has 1 amide bonds. The van der Waals surface area contributed by atoms with Crippen LogP contribution in [0.2, 0.25) is 0 Å². The molecule has 5 nitrogen and oxygen atoms in total. The SMILES string of the molecule is CCOC(=O)C(N)CCSCC(=O)N(CC)C1=CCCC1. The van der Waals surface area contributed by atoms with Gasteiger partial charge in [-0.3, -0.25) is 9.59 Å². The molecule has 0 radical (unpaired) electrons. The lowest BCUT2D eigenvalue weighted by Crippen LogP contribution is -2.33. The van der Waals surface area contributed by atoms with Crippen LogP contribution in [0.15, 0.2) is 11.8 Å². The van der Waals surface area contributed by atoms with E-state index >= 15 is 0 Å². The third-order valence-corrected chi connectivity index (χ3v) is 4.34. The van der Waals surface area contributed by atoms with Crippen molar-refractivity contribution in [2.75, 3.05) is 24.7 Å². The average Bonchev–Trinajstić information content (AvgIpc) is 2.98. The summed E-state index contributed by atoms with van der Waals surface area (Å²) >= 11 is 1.52. The van der Waals surface area contributed by atoms with E-state index in [1.807, 2.05) is 11.8 Å². The van der Waals surface area contributed by atoms with Gasteiger partial charge in [-0.1, -0.05) is 6.08 Å². The Morgan fingerprint density at radius 2 is 2.24 bits per heavy atom. The molecule has 0 bridgehead atoms. The number of nitrogens with zero attached hydrogens (tertiary/aromatic N) is 1. The van der Waals surface area contributed by atoms with Gasteiger partial charge in [0, 0.05) is 12.2 Å². The van der Waals surface area contributed by atoms with E-state index in [0.717, 1.165) is 25.0 Å². The Labute approximate surface area is 131 Å². The number of allylic oxidation sites excluding steroid dienone is 2. The van der Waals surface area contributed by atoms with E-state index in [-0.39, 0.29) is 11.9 Å². The highest BCUT2D eigenvalue weighted by Gasteiger charge is 2.19. The smallest absolute Gasteiger partial charge is 0.322 e. The van der Waals surface area contributed by atoms with Crippen LogP contribution in [0.25, 0.3) is 0 Å². The molecule has 21 heavy (non-hydrogen) atoms. The van der Waals surface area contributed by atoms with Crippen LogP contribution in [-0.4, -0.2) is 47.5 Å². The number of thioether (sulfide) groups is 1. The molecule has 0 saturated heterocycles. The van der Waals surface area contributed by atoms with Gasteiger partial charge in [0.25, 0.3) is 0 Å². The number of hydrogen-bond donors (Lipinski definition) is 1. The summed E-state index contributed by atoms with van der Waals surface area (Å²) in [6, 6.07) is -0.590. The molecule has 0 aliphatic heterocycles. The van der Waals surface area contributed by atoms with E-state index in [1.54, 1.807) is 6.92 Å². The Morgan fingerprint density at radius 1 is 1.48 bits per heavy atom. The number of amides is 1. The maximum absolute atomic E-state index is 12.2. The molecular weight excluding hydrogens is 288 g/mol. The fourth-order valence-corrected chi connectivity index (χ4v) is 3.15.